The first-order valence-corrected chi connectivity index (χ1v) is 10.0. The molecular weight excluding hydrogens is 360 g/mol. The standard InChI is InChI=1S/C18H22N2O3S.ClH/c1-24(21,22)16-6-4-15(5-7-16)17-3-2-10-20-18(17)23-13-14-8-11-19-12-9-14;/h2-7,10,14,19H,8-9,11-13H2,1H3;1H. The summed E-state index contributed by atoms with van der Waals surface area (Å²) in [5, 5.41) is 3.35. The molecule has 1 aromatic carbocycles. The molecule has 136 valence electrons. The second-order valence-corrected chi connectivity index (χ2v) is 8.17. The van der Waals surface area contributed by atoms with E-state index in [0.717, 1.165) is 37.1 Å². The summed E-state index contributed by atoms with van der Waals surface area (Å²) in [5.41, 5.74) is 1.78. The molecule has 1 fully saturated rings. The van der Waals surface area contributed by atoms with E-state index in [1.165, 1.54) is 6.26 Å². The molecule has 2 heterocycles. The average molecular weight is 383 g/mol. The summed E-state index contributed by atoms with van der Waals surface area (Å²) in [7, 11) is -3.19. The molecule has 7 heteroatoms. The molecule has 0 radical (unpaired) electrons. The maximum atomic E-state index is 11.6. The second-order valence-electron chi connectivity index (χ2n) is 6.16. The Kier molecular flexibility index (Phi) is 6.81. The Morgan fingerprint density at radius 3 is 2.48 bits per heavy atom. The number of rotatable bonds is 5. The maximum Gasteiger partial charge on any atom is 0.221 e. The van der Waals surface area contributed by atoms with E-state index in [9.17, 15) is 8.42 Å². The second kappa shape index (κ2) is 8.65. The number of benzene rings is 1. The number of hydrogen-bond acceptors (Lipinski definition) is 5. The van der Waals surface area contributed by atoms with Crippen LogP contribution in [0.5, 0.6) is 5.88 Å². The van der Waals surface area contributed by atoms with Crippen LogP contribution in [-0.4, -0.2) is 39.4 Å². The van der Waals surface area contributed by atoms with Crippen molar-refractivity contribution >= 4 is 22.2 Å². The highest BCUT2D eigenvalue weighted by molar-refractivity contribution is 7.90. The Labute approximate surface area is 155 Å². The summed E-state index contributed by atoms with van der Waals surface area (Å²) < 4.78 is 29.1. The Hall–Kier alpha value is -1.63. The van der Waals surface area contributed by atoms with Gasteiger partial charge in [0.2, 0.25) is 5.88 Å². The first kappa shape index (κ1) is 19.7. The van der Waals surface area contributed by atoms with Crippen LogP contribution in [0, 0.1) is 5.92 Å². The van der Waals surface area contributed by atoms with Gasteiger partial charge in [-0.25, -0.2) is 13.4 Å². The summed E-state index contributed by atoms with van der Waals surface area (Å²) in [6.45, 7) is 2.74. The van der Waals surface area contributed by atoms with Gasteiger partial charge in [-0.05, 0) is 61.7 Å². The molecule has 1 aliphatic rings. The van der Waals surface area contributed by atoms with Gasteiger partial charge in [-0.3, -0.25) is 0 Å². The van der Waals surface area contributed by atoms with Gasteiger partial charge in [0.05, 0.1) is 11.5 Å². The van der Waals surface area contributed by atoms with Crippen LogP contribution in [0.25, 0.3) is 11.1 Å². The minimum atomic E-state index is -3.19. The fourth-order valence-electron chi connectivity index (χ4n) is 2.85. The van der Waals surface area contributed by atoms with E-state index in [1.807, 2.05) is 12.1 Å². The molecule has 5 nitrogen and oxygen atoms in total. The summed E-state index contributed by atoms with van der Waals surface area (Å²) in [5.74, 6) is 1.15. The van der Waals surface area contributed by atoms with Gasteiger partial charge < -0.3 is 10.1 Å². The number of pyridine rings is 1. The molecule has 1 aromatic heterocycles. The fraction of sp³-hybridized carbons (Fsp3) is 0.389. The fourth-order valence-corrected chi connectivity index (χ4v) is 3.48. The van der Waals surface area contributed by atoms with Crippen molar-refractivity contribution in [3.63, 3.8) is 0 Å². The molecule has 3 rings (SSSR count). The third-order valence-corrected chi connectivity index (χ3v) is 5.41. The molecule has 0 saturated carbocycles. The number of ether oxygens (including phenoxy) is 1. The van der Waals surface area contributed by atoms with Gasteiger partial charge in [0, 0.05) is 18.0 Å². The Bertz CT molecular complexity index is 788. The number of halogens is 1. The van der Waals surface area contributed by atoms with Crippen molar-refractivity contribution in [1.82, 2.24) is 10.3 Å². The van der Waals surface area contributed by atoms with Crippen molar-refractivity contribution in [3.05, 3.63) is 42.6 Å². The number of hydrogen-bond donors (Lipinski definition) is 1. The molecule has 2 aromatic rings. The van der Waals surface area contributed by atoms with E-state index in [-0.39, 0.29) is 12.4 Å². The van der Waals surface area contributed by atoms with Crippen LogP contribution in [0.2, 0.25) is 0 Å². The molecule has 0 atom stereocenters. The zero-order valence-corrected chi connectivity index (χ0v) is 15.8. The highest BCUT2D eigenvalue weighted by Gasteiger charge is 2.16. The van der Waals surface area contributed by atoms with E-state index in [1.54, 1.807) is 30.5 Å². The first-order valence-electron chi connectivity index (χ1n) is 8.13. The van der Waals surface area contributed by atoms with Crippen molar-refractivity contribution in [2.45, 2.75) is 17.7 Å². The third kappa shape index (κ3) is 5.17. The minimum Gasteiger partial charge on any atom is -0.477 e. The number of sulfone groups is 1. The summed E-state index contributed by atoms with van der Waals surface area (Å²) >= 11 is 0. The molecule has 0 aliphatic carbocycles. The van der Waals surface area contributed by atoms with Gasteiger partial charge in [0.1, 0.15) is 0 Å². The van der Waals surface area contributed by atoms with Gasteiger partial charge in [-0.2, -0.15) is 0 Å². The molecule has 0 spiro atoms. The van der Waals surface area contributed by atoms with Crippen molar-refractivity contribution in [2.75, 3.05) is 26.0 Å². The normalized spacial score (nSPS) is 15.4. The van der Waals surface area contributed by atoms with E-state index in [0.29, 0.717) is 23.3 Å². The van der Waals surface area contributed by atoms with Crippen LogP contribution in [0.4, 0.5) is 0 Å². The predicted molar refractivity (Wildman–Crippen MR) is 101 cm³/mol. The average Bonchev–Trinajstić information content (AvgIpc) is 2.60. The highest BCUT2D eigenvalue weighted by Crippen LogP contribution is 2.29. The molecule has 0 unspecified atom stereocenters. The van der Waals surface area contributed by atoms with E-state index >= 15 is 0 Å². The molecule has 1 saturated heterocycles. The quantitative estimate of drug-likeness (QED) is 0.861. The Morgan fingerprint density at radius 1 is 1.16 bits per heavy atom. The summed E-state index contributed by atoms with van der Waals surface area (Å²) in [4.78, 5) is 4.67. The molecule has 1 aliphatic heterocycles. The van der Waals surface area contributed by atoms with Crippen molar-refractivity contribution in [1.29, 1.82) is 0 Å². The number of aromatic nitrogens is 1. The van der Waals surface area contributed by atoms with E-state index in [4.69, 9.17) is 4.74 Å². The monoisotopic (exact) mass is 382 g/mol. The van der Waals surface area contributed by atoms with Crippen LogP contribution >= 0.6 is 12.4 Å². The Morgan fingerprint density at radius 2 is 1.84 bits per heavy atom. The number of nitrogens with zero attached hydrogens (tertiary/aromatic N) is 1. The van der Waals surface area contributed by atoms with Gasteiger partial charge >= 0.3 is 0 Å². The van der Waals surface area contributed by atoms with Crippen LogP contribution in [0.1, 0.15) is 12.8 Å². The van der Waals surface area contributed by atoms with Crippen molar-refractivity contribution in [2.24, 2.45) is 5.92 Å². The lowest BCUT2D eigenvalue weighted by Crippen LogP contribution is -2.30. The Balaban J connectivity index is 0.00000225. The topological polar surface area (TPSA) is 68.3 Å². The highest BCUT2D eigenvalue weighted by atomic mass is 35.5. The number of piperidine rings is 1. The zero-order valence-electron chi connectivity index (χ0n) is 14.1. The number of nitrogens with one attached hydrogen (secondary N) is 1. The van der Waals surface area contributed by atoms with Crippen LogP contribution < -0.4 is 10.1 Å². The van der Waals surface area contributed by atoms with Gasteiger partial charge in [0.15, 0.2) is 9.84 Å². The molecule has 25 heavy (non-hydrogen) atoms. The molecule has 0 amide bonds. The molecular formula is C18H23ClN2O3S. The van der Waals surface area contributed by atoms with Gasteiger partial charge in [0.25, 0.3) is 0 Å². The molecule has 0 bridgehead atoms. The van der Waals surface area contributed by atoms with Crippen molar-refractivity contribution in [3.8, 4) is 17.0 Å². The SMILES string of the molecule is CS(=O)(=O)c1ccc(-c2cccnc2OCC2CCNCC2)cc1.Cl. The largest absolute Gasteiger partial charge is 0.477 e. The maximum absolute atomic E-state index is 11.6. The predicted octanol–water partition coefficient (Wildman–Crippen LogP) is 2.95. The van der Waals surface area contributed by atoms with Gasteiger partial charge in [-0.1, -0.05) is 12.1 Å². The summed E-state index contributed by atoms with van der Waals surface area (Å²) in [6.07, 6.45) is 5.15. The lowest BCUT2D eigenvalue weighted by atomic mass is 9.99. The van der Waals surface area contributed by atoms with Crippen LogP contribution in [0.15, 0.2) is 47.5 Å². The smallest absolute Gasteiger partial charge is 0.221 e. The van der Waals surface area contributed by atoms with E-state index in [2.05, 4.69) is 10.3 Å². The third-order valence-electron chi connectivity index (χ3n) is 4.28. The lowest BCUT2D eigenvalue weighted by Gasteiger charge is -2.22. The summed E-state index contributed by atoms with van der Waals surface area (Å²) in [6, 6.07) is 10.6. The molecule has 1 N–H and O–H groups in total. The minimum absolute atomic E-state index is 0. The van der Waals surface area contributed by atoms with Gasteiger partial charge in [-0.15, -0.1) is 12.4 Å². The van der Waals surface area contributed by atoms with E-state index < -0.39 is 9.84 Å². The van der Waals surface area contributed by atoms with Crippen LogP contribution in [0.3, 0.4) is 0 Å². The lowest BCUT2D eigenvalue weighted by molar-refractivity contribution is 0.209. The van der Waals surface area contributed by atoms with Crippen molar-refractivity contribution < 1.29 is 13.2 Å². The first-order chi connectivity index (χ1) is 11.5. The van der Waals surface area contributed by atoms with Crippen LogP contribution in [-0.2, 0) is 9.84 Å². The zero-order chi connectivity index (χ0) is 17.0.